The van der Waals surface area contributed by atoms with Gasteiger partial charge in [0.15, 0.2) is 5.60 Å². The number of likely N-dealkylation sites (tertiary alicyclic amines) is 1. The van der Waals surface area contributed by atoms with E-state index in [0.717, 1.165) is 31.9 Å². The maximum Gasteiger partial charge on any atom is 0.336 e. The van der Waals surface area contributed by atoms with Gasteiger partial charge in [0.25, 0.3) is 5.91 Å². The first-order chi connectivity index (χ1) is 18.9. The van der Waals surface area contributed by atoms with Crippen LogP contribution in [-0.4, -0.2) is 117 Å². The number of amides is 1. The summed E-state index contributed by atoms with van der Waals surface area (Å²) in [4.78, 5) is 56.9. The number of aliphatic carboxylic acids is 3. The van der Waals surface area contributed by atoms with E-state index in [2.05, 4.69) is 38.9 Å². The lowest BCUT2D eigenvalue weighted by molar-refractivity contribution is -0.170. The number of nitrogens with one attached hydrogen (secondary N) is 1. The summed E-state index contributed by atoms with van der Waals surface area (Å²) < 4.78 is 5.39. The summed E-state index contributed by atoms with van der Waals surface area (Å²) in [5.74, 6) is -3.85. The number of aromatic nitrogens is 2. The smallest absolute Gasteiger partial charge is 0.336 e. The van der Waals surface area contributed by atoms with Gasteiger partial charge in [-0.3, -0.25) is 14.4 Å². The van der Waals surface area contributed by atoms with E-state index in [4.69, 9.17) is 25.2 Å². The number of aliphatic hydroxyl groups is 1. The number of carboxylic acids is 3. The number of ether oxygens (including phenoxy) is 1. The Bertz CT molecular complexity index is 1010. The zero-order valence-electron chi connectivity index (χ0n) is 23.3. The Morgan fingerprint density at radius 1 is 1.10 bits per heavy atom. The molecular formula is C26H41N5O9. The van der Waals surface area contributed by atoms with Gasteiger partial charge in [-0.15, -0.1) is 0 Å². The molecule has 2 saturated heterocycles. The van der Waals surface area contributed by atoms with Gasteiger partial charge in [0.2, 0.25) is 5.95 Å². The topological polar surface area (TPSA) is 203 Å². The fourth-order valence-corrected chi connectivity index (χ4v) is 4.56. The van der Waals surface area contributed by atoms with Gasteiger partial charge in [0.05, 0.1) is 37.3 Å². The van der Waals surface area contributed by atoms with E-state index < -0.39 is 36.4 Å². The molecule has 2 fully saturated rings. The maximum atomic E-state index is 12.7. The second-order valence-electron chi connectivity index (χ2n) is 10.3. The summed E-state index contributed by atoms with van der Waals surface area (Å²) in [5.41, 5.74) is -1.32. The van der Waals surface area contributed by atoms with Crippen LogP contribution in [0, 0.1) is 5.92 Å². The number of aryl methyl sites for hydroxylation is 1. The van der Waals surface area contributed by atoms with E-state index in [9.17, 15) is 19.2 Å². The number of carbonyl (C=O) groups excluding carboxylic acids is 1. The summed E-state index contributed by atoms with van der Waals surface area (Å²) >= 11 is 0. The van der Waals surface area contributed by atoms with Gasteiger partial charge in [-0.1, -0.05) is 6.92 Å². The van der Waals surface area contributed by atoms with E-state index in [-0.39, 0.29) is 5.91 Å². The summed E-state index contributed by atoms with van der Waals surface area (Å²) in [5, 5.41) is 36.9. The van der Waals surface area contributed by atoms with Crippen molar-refractivity contribution in [1.82, 2.24) is 20.2 Å². The highest BCUT2D eigenvalue weighted by Crippen LogP contribution is 2.19. The van der Waals surface area contributed by atoms with Crippen molar-refractivity contribution >= 4 is 29.8 Å². The molecule has 2 aliphatic rings. The van der Waals surface area contributed by atoms with Gasteiger partial charge in [-0.05, 0) is 45.6 Å². The van der Waals surface area contributed by atoms with Gasteiger partial charge < -0.3 is 40.3 Å². The lowest BCUT2D eigenvalue weighted by atomic mass is 9.96. The Morgan fingerprint density at radius 3 is 2.25 bits per heavy atom. The third-order valence-electron chi connectivity index (χ3n) is 6.85. The highest BCUT2D eigenvalue weighted by molar-refractivity contribution is 5.95. The monoisotopic (exact) mass is 567 g/mol. The summed E-state index contributed by atoms with van der Waals surface area (Å²) in [7, 11) is 0. The standard InChI is InChI=1S/C20H33N5O2.C6H8O7/c1-4-18-17(13-22-20(23-18)24-8-10-27-11-9-24)19(26)21-12-16-6-5-7-25(14-16)15(2)3;7-3(8)1-6(13,5(11)12)2-4(9)10/h13,15-16H,4-12,14H2,1-3H3,(H,21,26);13H,1-2H2,(H,7,8)(H,9,10)(H,11,12). The lowest BCUT2D eigenvalue weighted by Gasteiger charge is -2.35. The second kappa shape index (κ2) is 15.4. The predicted octanol–water partition coefficient (Wildman–Crippen LogP) is 0.477. The molecule has 1 atom stereocenters. The normalized spacial score (nSPS) is 18.0. The number of carboxylic acid groups (broad SMARTS) is 3. The lowest BCUT2D eigenvalue weighted by Crippen LogP contribution is -2.43. The average Bonchev–Trinajstić information content (AvgIpc) is 2.91. The van der Waals surface area contributed by atoms with Crippen LogP contribution in [0.1, 0.15) is 62.5 Å². The van der Waals surface area contributed by atoms with Crippen molar-refractivity contribution < 1.29 is 44.3 Å². The summed E-state index contributed by atoms with van der Waals surface area (Å²) in [6, 6.07) is 0.566. The number of nitrogens with zero attached hydrogens (tertiary/aromatic N) is 4. The molecule has 14 nitrogen and oxygen atoms in total. The summed E-state index contributed by atoms with van der Waals surface area (Å²) in [6.45, 7) is 12.4. The molecule has 40 heavy (non-hydrogen) atoms. The summed E-state index contributed by atoms with van der Waals surface area (Å²) in [6.07, 6.45) is 2.50. The number of rotatable bonds is 11. The minimum atomic E-state index is -2.74. The Kier molecular flexibility index (Phi) is 12.7. The molecule has 0 aliphatic carbocycles. The predicted molar refractivity (Wildman–Crippen MR) is 143 cm³/mol. The number of morpholine rings is 1. The molecule has 0 radical (unpaired) electrons. The van der Waals surface area contributed by atoms with Crippen molar-refractivity contribution in [3.8, 4) is 0 Å². The molecule has 1 aromatic rings. The Balaban J connectivity index is 0.000000366. The zero-order valence-corrected chi connectivity index (χ0v) is 23.3. The van der Waals surface area contributed by atoms with Crippen molar-refractivity contribution in [3.63, 3.8) is 0 Å². The largest absolute Gasteiger partial charge is 0.481 e. The van der Waals surface area contributed by atoms with E-state index in [0.29, 0.717) is 43.1 Å². The first-order valence-corrected chi connectivity index (χ1v) is 13.5. The number of hydrogen-bond acceptors (Lipinski definition) is 10. The molecule has 0 bridgehead atoms. The molecular weight excluding hydrogens is 526 g/mol. The average molecular weight is 568 g/mol. The quantitative estimate of drug-likeness (QED) is 0.247. The van der Waals surface area contributed by atoms with Crippen LogP contribution in [0.3, 0.4) is 0 Å². The first-order valence-electron chi connectivity index (χ1n) is 13.5. The Morgan fingerprint density at radius 2 is 1.73 bits per heavy atom. The fourth-order valence-electron chi connectivity index (χ4n) is 4.56. The molecule has 0 aromatic carbocycles. The van der Waals surface area contributed by atoms with E-state index in [1.54, 1.807) is 6.20 Å². The number of piperidine rings is 1. The van der Waals surface area contributed by atoms with E-state index in [1.165, 1.54) is 19.4 Å². The minimum Gasteiger partial charge on any atom is -0.481 e. The third-order valence-corrected chi connectivity index (χ3v) is 6.85. The van der Waals surface area contributed by atoms with Gasteiger partial charge in [-0.2, -0.15) is 0 Å². The molecule has 1 amide bonds. The fraction of sp³-hybridized carbons (Fsp3) is 0.692. The number of hydrogen-bond donors (Lipinski definition) is 5. The molecule has 0 saturated carbocycles. The molecule has 0 spiro atoms. The third kappa shape index (κ3) is 9.99. The molecule has 5 N–H and O–H groups in total. The van der Waals surface area contributed by atoms with Crippen molar-refractivity contribution in [1.29, 1.82) is 0 Å². The van der Waals surface area contributed by atoms with Crippen molar-refractivity contribution in [3.05, 3.63) is 17.5 Å². The van der Waals surface area contributed by atoms with Crippen molar-refractivity contribution in [2.75, 3.05) is 50.8 Å². The molecule has 3 heterocycles. The van der Waals surface area contributed by atoms with E-state index >= 15 is 0 Å². The molecule has 2 aliphatic heterocycles. The van der Waals surface area contributed by atoms with E-state index in [1.807, 2.05) is 6.92 Å². The van der Waals surface area contributed by atoms with Gasteiger partial charge >= 0.3 is 17.9 Å². The highest BCUT2D eigenvalue weighted by Gasteiger charge is 2.40. The Hall–Kier alpha value is -3.36. The second-order valence-corrected chi connectivity index (χ2v) is 10.3. The van der Waals surface area contributed by atoms with Crippen LogP contribution >= 0.6 is 0 Å². The van der Waals surface area contributed by atoms with Gasteiger partial charge in [0.1, 0.15) is 0 Å². The molecule has 1 aromatic heterocycles. The van der Waals surface area contributed by atoms with Crippen LogP contribution in [0.5, 0.6) is 0 Å². The molecule has 3 rings (SSSR count). The van der Waals surface area contributed by atoms with Crippen molar-refractivity contribution in [2.24, 2.45) is 5.92 Å². The molecule has 1 unspecified atom stereocenters. The highest BCUT2D eigenvalue weighted by atomic mass is 16.5. The first kappa shape index (κ1) is 32.8. The van der Waals surface area contributed by atoms with Crippen LogP contribution in [0.25, 0.3) is 0 Å². The maximum absolute atomic E-state index is 12.7. The van der Waals surface area contributed by atoms with Gasteiger partial charge in [0, 0.05) is 38.4 Å². The minimum absolute atomic E-state index is 0.0537. The van der Waals surface area contributed by atoms with Crippen molar-refractivity contribution in [2.45, 2.75) is 64.5 Å². The van der Waals surface area contributed by atoms with Gasteiger partial charge in [-0.25, -0.2) is 14.8 Å². The van der Waals surface area contributed by atoms with Crippen LogP contribution < -0.4 is 10.2 Å². The van der Waals surface area contributed by atoms with Crippen LogP contribution in [-0.2, 0) is 25.5 Å². The molecule has 14 heteroatoms. The SMILES string of the molecule is CCc1nc(N2CCOCC2)ncc1C(=O)NCC1CCCN(C(C)C)C1.O=C(O)CC(O)(CC(=O)O)C(=O)O. The van der Waals surface area contributed by atoms with Crippen LogP contribution in [0.4, 0.5) is 5.95 Å². The zero-order chi connectivity index (χ0) is 29.9. The number of anilines is 1. The molecule has 224 valence electrons. The van der Waals surface area contributed by atoms with Crippen LogP contribution in [0.2, 0.25) is 0 Å². The number of carbonyl (C=O) groups is 4. The Labute approximate surface area is 233 Å². The van der Waals surface area contributed by atoms with Crippen LogP contribution in [0.15, 0.2) is 6.20 Å².